The molecule has 0 saturated heterocycles. The number of carbonyl (C=O) groups excluding carboxylic acids is 1. The number of nitrogens with zero attached hydrogens (tertiary/aromatic N) is 1. The van der Waals surface area contributed by atoms with E-state index in [1.54, 1.807) is 30.3 Å². The average Bonchev–Trinajstić information content (AvgIpc) is 2.98. The Labute approximate surface area is 136 Å². The van der Waals surface area contributed by atoms with E-state index >= 15 is 0 Å². The highest BCUT2D eigenvalue weighted by atomic mass is 35.5. The molecule has 2 aromatic carbocycles. The maximum absolute atomic E-state index is 12.8. The molecule has 0 aliphatic heterocycles. The highest BCUT2D eigenvalue weighted by Crippen LogP contribution is 2.23. The van der Waals surface area contributed by atoms with Gasteiger partial charge in [-0.05, 0) is 29.8 Å². The van der Waals surface area contributed by atoms with Crippen LogP contribution in [0.25, 0.3) is 11.3 Å². The topological polar surface area (TPSA) is 55.1 Å². The van der Waals surface area contributed by atoms with Gasteiger partial charge >= 0.3 is 0 Å². The summed E-state index contributed by atoms with van der Waals surface area (Å²) in [6, 6.07) is 14.5. The number of amides is 1. The van der Waals surface area contributed by atoms with Crippen LogP contribution in [0.4, 0.5) is 10.3 Å². The third-order valence-electron chi connectivity index (χ3n) is 3.19. The molecule has 6 heteroatoms. The first-order valence-corrected chi connectivity index (χ1v) is 7.25. The van der Waals surface area contributed by atoms with Crippen molar-refractivity contribution in [3.05, 3.63) is 71.0 Å². The molecule has 3 aromatic rings. The Morgan fingerprint density at radius 1 is 1.13 bits per heavy atom. The Kier molecular flexibility index (Phi) is 4.39. The number of nitrogens with one attached hydrogen (secondary N) is 1. The molecule has 1 N–H and O–H groups in total. The zero-order valence-corrected chi connectivity index (χ0v) is 12.7. The van der Waals surface area contributed by atoms with Crippen molar-refractivity contribution in [2.24, 2.45) is 0 Å². The number of hydrogen-bond donors (Lipinski definition) is 1. The van der Waals surface area contributed by atoms with Gasteiger partial charge in [0, 0.05) is 16.7 Å². The molecule has 0 atom stereocenters. The van der Waals surface area contributed by atoms with Gasteiger partial charge in [-0.1, -0.05) is 41.0 Å². The monoisotopic (exact) mass is 330 g/mol. The van der Waals surface area contributed by atoms with Gasteiger partial charge in [-0.15, -0.1) is 0 Å². The second kappa shape index (κ2) is 6.62. The van der Waals surface area contributed by atoms with Crippen molar-refractivity contribution >= 4 is 23.4 Å². The minimum atomic E-state index is -0.336. The van der Waals surface area contributed by atoms with E-state index < -0.39 is 0 Å². The third kappa shape index (κ3) is 3.96. The highest BCUT2D eigenvalue weighted by molar-refractivity contribution is 6.30. The Bertz CT molecular complexity index is 813. The molecule has 4 nitrogen and oxygen atoms in total. The summed E-state index contributed by atoms with van der Waals surface area (Å²) in [5, 5.41) is 7.15. The SMILES string of the molecule is O=C(Cc1ccc(F)cc1)Nc1cc(-c2ccc(Cl)cc2)no1. The molecule has 0 bridgehead atoms. The fourth-order valence-corrected chi connectivity index (χ4v) is 2.19. The van der Waals surface area contributed by atoms with Gasteiger partial charge in [0.1, 0.15) is 11.5 Å². The van der Waals surface area contributed by atoms with Crippen LogP contribution in [0.3, 0.4) is 0 Å². The van der Waals surface area contributed by atoms with E-state index in [0.29, 0.717) is 16.3 Å². The van der Waals surface area contributed by atoms with E-state index in [4.69, 9.17) is 16.1 Å². The van der Waals surface area contributed by atoms with Crippen molar-refractivity contribution in [1.82, 2.24) is 5.16 Å². The number of hydrogen-bond acceptors (Lipinski definition) is 3. The molecule has 1 heterocycles. The predicted octanol–water partition coefficient (Wildman–Crippen LogP) is 4.32. The van der Waals surface area contributed by atoms with Gasteiger partial charge in [0.25, 0.3) is 0 Å². The maximum atomic E-state index is 12.8. The van der Waals surface area contributed by atoms with Crippen molar-refractivity contribution in [2.75, 3.05) is 5.32 Å². The normalized spacial score (nSPS) is 10.5. The Hall–Kier alpha value is -2.66. The first-order valence-electron chi connectivity index (χ1n) is 6.87. The summed E-state index contributed by atoms with van der Waals surface area (Å²) in [6.45, 7) is 0. The molecule has 23 heavy (non-hydrogen) atoms. The zero-order chi connectivity index (χ0) is 16.2. The van der Waals surface area contributed by atoms with Crippen LogP contribution in [0.5, 0.6) is 0 Å². The number of halogens is 2. The van der Waals surface area contributed by atoms with Crippen LogP contribution < -0.4 is 5.32 Å². The van der Waals surface area contributed by atoms with Gasteiger partial charge < -0.3 is 4.52 Å². The molecule has 0 aliphatic carbocycles. The summed E-state index contributed by atoms with van der Waals surface area (Å²) in [6.07, 6.45) is 0.122. The van der Waals surface area contributed by atoms with E-state index in [-0.39, 0.29) is 24.0 Å². The lowest BCUT2D eigenvalue weighted by Gasteiger charge is -2.01. The van der Waals surface area contributed by atoms with Gasteiger partial charge in [-0.2, -0.15) is 0 Å². The molecule has 0 radical (unpaired) electrons. The summed E-state index contributed by atoms with van der Waals surface area (Å²) in [5.41, 5.74) is 2.14. The average molecular weight is 331 g/mol. The van der Waals surface area contributed by atoms with Crippen molar-refractivity contribution in [3.63, 3.8) is 0 Å². The van der Waals surface area contributed by atoms with Gasteiger partial charge in [-0.3, -0.25) is 10.1 Å². The van der Waals surface area contributed by atoms with Crippen LogP contribution in [0, 0.1) is 5.82 Å². The van der Waals surface area contributed by atoms with E-state index in [2.05, 4.69) is 10.5 Å². The lowest BCUT2D eigenvalue weighted by Crippen LogP contribution is -2.13. The molecule has 1 aromatic heterocycles. The molecule has 0 aliphatic rings. The van der Waals surface area contributed by atoms with Gasteiger partial charge in [0.15, 0.2) is 0 Å². The summed E-state index contributed by atoms with van der Waals surface area (Å²) >= 11 is 5.84. The van der Waals surface area contributed by atoms with Gasteiger partial charge in [0.05, 0.1) is 6.42 Å². The van der Waals surface area contributed by atoms with Gasteiger partial charge in [0.2, 0.25) is 11.8 Å². The second-order valence-electron chi connectivity index (χ2n) is 4.93. The molecule has 0 spiro atoms. The van der Waals surface area contributed by atoms with E-state index in [0.717, 1.165) is 5.56 Å². The summed E-state index contributed by atoms with van der Waals surface area (Å²) in [7, 11) is 0. The number of rotatable bonds is 4. The standard InChI is InChI=1S/C17H12ClFN2O2/c18-13-5-3-12(4-6-13)15-10-17(23-21-15)20-16(22)9-11-1-7-14(19)8-2-11/h1-8,10H,9H2,(H,20,22). The molecule has 0 unspecified atom stereocenters. The van der Waals surface area contributed by atoms with Crippen LogP contribution in [0.15, 0.2) is 59.1 Å². The fourth-order valence-electron chi connectivity index (χ4n) is 2.06. The fraction of sp³-hybridized carbons (Fsp3) is 0.0588. The lowest BCUT2D eigenvalue weighted by atomic mass is 10.1. The Morgan fingerprint density at radius 3 is 2.52 bits per heavy atom. The number of benzene rings is 2. The first kappa shape index (κ1) is 15.2. The van der Waals surface area contributed by atoms with E-state index in [1.165, 1.54) is 12.1 Å². The molecule has 1 amide bonds. The zero-order valence-electron chi connectivity index (χ0n) is 11.9. The number of aromatic nitrogens is 1. The lowest BCUT2D eigenvalue weighted by molar-refractivity contribution is -0.115. The molecule has 3 rings (SSSR count). The minimum Gasteiger partial charge on any atom is -0.338 e. The van der Waals surface area contributed by atoms with Crippen molar-refractivity contribution < 1.29 is 13.7 Å². The Morgan fingerprint density at radius 2 is 1.83 bits per heavy atom. The number of carbonyl (C=O) groups is 1. The summed E-state index contributed by atoms with van der Waals surface area (Å²) in [4.78, 5) is 11.9. The smallest absolute Gasteiger partial charge is 0.231 e. The third-order valence-corrected chi connectivity index (χ3v) is 3.44. The number of anilines is 1. The van der Waals surface area contributed by atoms with Crippen LogP contribution in [-0.4, -0.2) is 11.1 Å². The van der Waals surface area contributed by atoms with E-state index in [1.807, 2.05) is 12.1 Å². The molecule has 0 saturated carbocycles. The van der Waals surface area contributed by atoms with Crippen LogP contribution in [0.2, 0.25) is 5.02 Å². The quantitative estimate of drug-likeness (QED) is 0.775. The van der Waals surface area contributed by atoms with E-state index in [9.17, 15) is 9.18 Å². The minimum absolute atomic E-state index is 0.122. The van der Waals surface area contributed by atoms with Crippen molar-refractivity contribution in [3.8, 4) is 11.3 Å². The van der Waals surface area contributed by atoms with Crippen molar-refractivity contribution in [2.45, 2.75) is 6.42 Å². The largest absolute Gasteiger partial charge is 0.338 e. The maximum Gasteiger partial charge on any atom is 0.231 e. The van der Waals surface area contributed by atoms with Crippen LogP contribution in [0.1, 0.15) is 5.56 Å². The predicted molar refractivity (Wildman–Crippen MR) is 85.7 cm³/mol. The van der Waals surface area contributed by atoms with Crippen molar-refractivity contribution in [1.29, 1.82) is 0 Å². The molecular weight excluding hydrogens is 319 g/mol. The second-order valence-corrected chi connectivity index (χ2v) is 5.37. The molecular formula is C17H12ClFN2O2. The summed E-state index contributed by atoms with van der Waals surface area (Å²) in [5.74, 6) is -0.352. The van der Waals surface area contributed by atoms with Gasteiger partial charge in [-0.25, -0.2) is 4.39 Å². The van der Waals surface area contributed by atoms with Crippen LogP contribution in [-0.2, 0) is 11.2 Å². The molecule has 0 fully saturated rings. The highest BCUT2D eigenvalue weighted by Gasteiger charge is 2.10. The van der Waals surface area contributed by atoms with Crippen LogP contribution >= 0.6 is 11.6 Å². The molecule has 116 valence electrons. The Balaban J connectivity index is 1.65. The summed E-state index contributed by atoms with van der Waals surface area (Å²) < 4.78 is 17.9. The first-order chi connectivity index (χ1) is 11.1.